The van der Waals surface area contributed by atoms with Crippen LogP contribution in [0, 0.1) is 12.3 Å². The predicted octanol–water partition coefficient (Wildman–Crippen LogP) is 1.58. The van der Waals surface area contributed by atoms with Crippen LogP contribution in [0.4, 0.5) is 0 Å². The second-order valence-electron chi connectivity index (χ2n) is 5.03. The van der Waals surface area contributed by atoms with Crippen LogP contribution in [0.1, 0.15) is 38.1 Å². The summed E-state index contributed by atoms with van der Waals surface area (Å²) < 4.78 is 7.04. The van der Waals surface area contributed by atoms with Crippen molar-refractivity contribution in [1.29, 1.82) is 0 Å². The van der Waals surface area contributed by atoms with Gasteiger partial charge in [0.1, 0.15) is 0 Å². The Bertz CT molecular complexity index is 428. The number of hydrogen-bond acceptors (Lipinski definition) is 4. The van der Waals surface area contributed by atoms with E-state index in [1.807, 2.05) is 31.6 Å². The minimum atomic E-state index is -0.634. The van der Waals surface area contributed by atoms with Crippen molar-refractivity contribution in [3.05, 3.63) is 17.5 Å². The van der Waals surface area contributed by atoms with Crippen molar-refractivity contribution in [1.82, 2.24) is 9.78 Å². The Hall–Kier alpha value is -1.36. The third-order valence-corrected chi connectivity index (χ3v) is 3.45. The maximum Gasteiger partial charge on any atom is 0.313 e. The van der Waals surface area contributed by atoms with Crippen LogP contribution in [0.15, 0.2) is 6.07 Å². The second kappa shape index (κ2) is 6.70. The van der Waals surface area contributed by atoms with Gasteiger partial charge < -0.3 is 10.5 Å². The van der Waals surface area contributed by atoms with Gasteiger partial charge in [0.15, 0.2) is 0 Å². The molecule has 19 heavy (non-hydrogen) atoms. The molecule has 1 atom stereocenters. The van der Waals surface area contributed by atoms with Crippen LogP contribution in [0.3, 0.4) is 0 Å². The lowest BCUT2D eigenvalue weighted by Gasteiger charge is -2.29. The highest BCUT2D eigenvalue weighted by molar-refractivity contribution is 5.77. The first-order chi connectivity index (χ1) is 8.99. The summed E-state index contributed by atoms with van der Waals surface area (Å²) >= 11 is 0. The standard InChI is InChI=1S/C14H25N3O2/c1-5-7-14(10-15,13(18)19-6-2)9-12-8-11(3)16-17(12)4/h8H,5-7,9-10,15H2,1-4H3. The molecule has 2 N–H and O–H groups in total. The van der Waals surface area contributed by atoms with Crippen molar-refractivity contribution in [3.8, 4) is 0 Å². The lowest BCUT2D eigenvalue weighted by atomic mass is 9.79. The Morgan fingerprint density at radius 3 is 2.63 bits per heavy atom. The summed E-state index contributed by atoms with van der Waals surface area (Å²) in [5.74, 6) is -0.196. The van der Waals surface area contributed by atoms with E-state index in [4.69, 9.17) is 10.5 Å². The van der Waals surface area contributed by atoms with E-state index in [9.17, 15) is 4.79 Å². The molecule has 1 aromatic heterocycles. The Balaban J connectivity index is 3.02. The van der Waals surface area contributed by atoms with Gasteiger partial charge in [0.25, 0.3) is 0 Å². The molecular formula is C14H25N3O2. The van der Waals surface area contributed by atoms with Crippen LogP contribution < -0.4 is 5.73 Å². The minimum Gasteiger partial charge on any atom is -0.466 e. The average molecular weight is 267 g/mol. The lowest BCUT2D eigenvalue weighted by Crippen LogP contribution is -2.42. The summed E-state index contributed by atoms with van der Waals surface area (Å²) in [4.78, 5) is 12.3. The van der Waals surface area contributed by atoms with Crippen LogP contribution in [0.5, 0.6) is 0 Å². The molecule has 1 aromatic rings. The fraction of sp³-hybridized carbons (Fsp3) is 0.714. The number of esters is 1. The molecule has 0 fully saturated rings. The van der Waals surface area contributed by atoms with Gasteiger partial charge in [0, 0.05) is 25.7 Å². The molecular weight excluding hydrogens is 242 g/mol. The molecule has 0 aromatic carbocycles. The van der Waals surface area contributed by atoms with E-state index in [-0.39, 0.29) is 5.97 Å². The number of ether oxygens (including phenoxy) is 1. The maximum absolute atomic E-state index is 12.3. The largest absolute Gasteiger partial charge is 0.466 e. The topological polar surface area (TPSA) is 70.1 Å². The summed E-state index contributed by atoms with van der Waals surface area (Å²) in [6.45, 7) is 6.49. The Morgan fingerprint density at radius 1 is 1.53 bits per heavy atom. The van der Waals surface area contributed by atoms with E-state index >= 15 is 0 Å². The van der Waals surface area contributed by atoms with Crippen molar-refractivity contribution < 1.29 is 9.53 Å². The Kier molecular flexibility index (Phi) is 5.54. The maximum atomic E-state index is 12.3. The Morgan fingerprint density at radius 2 is 2.21 bits per heavy atom. The monoisotopic (exact) mass is 267 g/mol. The third kappa shape index (κ3) is 3.56. The zero-order valence-corrected chi connectivity index (χ0v) is 12.4. The molecule has 1 unspecified atom stereocenters. The minimum absolute atomic E-state index is 0.196. The fourth-order valence-electron chi connectivity index (χ4n) is 2.46. The van der Waals surface area contributed by atoms with Crippen molar-refractivity contribution in [2.24, 2.45) is 18.2 Å². The van der Waals surface area contributed by atoms with E-state index in [1.165, 1.54) is 0 Å². The van der Waals surface area contributed by atoms with Crippen LogP contribution in [-0.2, 0) is 23.0 Å². The van der Waals surface area contributed by atoms with Crippen molar-refractivity contribution >= 4 is 5.97 Å². The highest BCUT2D eigenvalue weighted by atomic mass is 16.5. The summed E-state index contributed by atoms with van der Waals surface area (Å²) in [6.07, 6.45) is 2.20. The summed E-state index contributed by atoms with van der Waals surface area (Å²) in [7, 11) is 1.89. The molecule has 1 heterocycles. The smallest absolute Gasteiger partial charge is 0.313 e. The summed E-state index contributed by atoms with van der Waals surface area (Å²) in [5.41, 5.74) is 7.23. The number of nitrogens with zero attached hydrogens (tertiary/aromatic N) is 2. The summed E-state index contributed by atoms with van der Waals surface area (Å²) in [5, 5.41) is 4.32. The first-order valence-electron chi connectivity index (χ1n) is 6.86. The number of aryl methyl sites for hydroxylation is 2. The van der Waals surface area contributed by atoms with E-state index in [2.05, 4.69) is 12.0 Å². The molecule has 1 rings (SSSR count). The number of carbonyl (C=O) groups is 1. The molecule has 5 heteroatoms. The van der Waals surface area contributed by atoms with Crippen molar-refractivity contribution in [2.75, 3.05) is 13.2 Å². The van der Waals surface area contributed by atoms with E-state index in [1.54, 1.807) is 0 Å². The fourth-order valence-corrected chi connectivity index (χ4v) is 2.46. The Labute approximate surface area is 115 Å². The van der Waals surface area contributed by atoms with E-state index in [0.29, 0.717) is 19.6 Å². The van der Waals surface area contributed by atoms with E-state index in [0.717, 1.165) is 24.2 Å². The first-order valence-corrected chi connectivity index (χ1v) is 6.86. The van der Waals surface area contributed by atoms with Gasteiger partial charge in [-0.15, -0.1) is 0 Å². The van der Waals surface area contributed by atoms with Crippen LogP contribution in [0.25, 0.3) is 0 Å². The van der Waals surface area contributed by atoms with Gasteiger partial charge in [0.05, 0.1) is 17.7 Å². The van der Waals surface area contributed by atoms with Crippen LogP contribution >= 0.6 is 0 Å². The molecule has 5 nitrogen and oxygen atoms in total. The van der Waals surface area contributed by atoms with Gasteiger partial charge in [-0.2, -0.15) is 5.10 Å². The second-order valence-corrected chi connectivity index (χ2v) is 5.03. The average Bonchev–Trinajstić information content (AvgIpc) is 2.67. The van der Waals surface area contributed by atoms with Crippen molar-refractivity contribution in [3.63, 3.8) is 0 Å². The van der Waals surface area contributed by atoms with Crippen molar-refractivity contribution in [2.45, 2.75) is 40.0 Å². The van der Waals surface area contributed by atoms with Crippen LogP contribution in [-0.4, -0.2) is 28.9 Å². The lowest BCUT2D eigenvalue weighted by molar-refractivity contribution is -0.155. The molecule has 0 amide bonds. The highest BCUT2D eigenvalue weighted by Crippen LogP contribution is 2.29. The molecule has 0 saturated carbocycles. The molecule has 0 bridgehead atoms. The third-order valence-electron chi connectivity index (χ3n) is 3.45. The van der Waals surface area contributed by atoms with Gasteiger partial charge in [-0.05, 0) is 26.3 Å². The van der Waals surface area contributed by atoms with Gasteiger partial charge in [-0.1, -0.05) is 13.3 Å². The van der Waals surface area contributed by atoms with Gasteiger partial charge in [0.2, 0.25) is 0 Å². The molecule has 0 aliphatic heterocycles. The molecule has 0 aliphatic rings. The molecule has 108 valence electrons. The number of aromatic nitrogens is 2. The van der Waals surface area contributed by atoms with E-state index < -0.39 is 5.41 Å². The first kappa shape index (κ1) is 15.7. The highest BCUT2D eigenvalue weighted by Gasteiger charge is 2.38. The predicted molar refractivity (Wildman–Crippen MR) is 74.7 cm³/mol. The summed E-state index contributed by atoms with van der Waals surface area (Å²) in [6, 6.07) is 2.00. The molecule has 0 saturated heterocycles. The number of carbonyl (C=O) groups excluding carboxylic acids is 1. The van der Waals surface area contributed by atoms with Gasteiger partial charge >= 0.3 is 5.97 Å². The number of nitrogens with two attached hydrogens (primary N) is 1. The normalized spacial score (nSPS) is 14.2. The number of rotatable bonds is 7. The zero-order valence-electron chi connectivity index (χ0n) is 12.4. The number of hydrogen-bond donors (Lipinski definition) is 1. The quantitative estimate of drug-likeness (QED) is 0.761. The zero-order chi connectivity index (χ0) is 14.5. The molecule has 0 radical (unpaired) electrons. The van der Waals surface area contributed by atoms with Crippen LogP contribution in [0.2, 0.25) is 0 Å². The molecule has 0 spiro atoms. The SMILES string of the molecule is CCCC(CN)(Cc1cc(C)nn1C)C(=O)OCC. The molecule has 0 aliphatic carbocycles. The van der Waals surface area contributed by atoms with Gasteiger partial charge in [-0.3, -0.25) is 9.48 Å². The van der Waals surface area contributed by atoms with Gasteiger partial charge in [-0.25, -0.2) is 0 Å².